The van der Waals surface area contributed by atoms with Gasteiger partial charge in [-0.05, 0) is 40.2 Å². The third kappa shape index (κ3) is 3.47. The van der Waals surface area contributed by atoms with Gasteiger partial charge in [-0.3, -0.25) is 0 Å². The van der Waals surface area contributed by atoms with Crippen molar-refractivity contribution < 1.29 is 8.42 Å². The van der Waals surface area contributed by atoms with Gasteiger partial charge < -0.3 is 5.73 Å². The molecule has 0 fully saturated rings. The van der Waals surface area contributed by atoms with Crippen LogP contribution in [0.4, 0.5) is 5.69 Å². The van der Waals surface area contributed by atoms with Crippen LogP contribution >= 0.6 is 27.7 Å². The van der Waals surface area contributed by atoms with Crippen molar-refractivity contribution >= 4 is 43.4 Å². The Morgan fingerprint density at radius 3 is 2.53 bits per heavy atom. The molecule has 0 aliphatic rings. The summed E-state index contributed by atoms with van der Waals surface area (Å²) in [5, 5.41) is 5.81. The van der Waals surface area contributed by atoms with Crippen LogP contribution in [-0.4, -0.2) is 13.4 Å². The van der Waals surface area contributed by atoms with Crippen LogP contribution in [0, 0.1) is 0 Å². The molecule has 1 heterocycles. The molecule has 2 aromatic rings. The number of anilines is 1. The van der Waals surface area contributed by atoms with Crippen molar-refractivity contribution in [3.63, 3.8) is 0 Å². The Hall–Kier alpha value is -1.09. The average Bonchev–Trinajstić information content (AvgIpc) is 2.33. The highest BCUT2D eigenvalue weighted by molar-refractivity contribution is 9.10. The number of nitrogens with zero attached hydrogens (tertiary/aromatic N) is 1. The van der Waals surface area contributed by atoms with Gasteiger partial charge in [-0.15, -0.1) is 0 Å². The molecule has 0 atom stereocenters. The molecule has 0 bridgehead atoms. The lowest BCUT2D eigenvalue weighted by Gasteiger charge is -2.08. The first-order valence-corrected chi connectivity index (χ1v) is 8.24. The van der Waals surface area contributed by atoms with Crippen LogP contribution in [0.1, 0.15) is 0 Å². The second-order valence-corrected chi connectivity index (χ2v) is 7.14. The van der Waals surface area contributed by atoms with Gasteiger partial charge in [-0.1, -0.05) is 17.8 Å². The quantitative estimate of drug-likeness (QED) is 0.818. The second-order valence-electron chi connectivity index (χ2n) is 3.63. The first kappa shape index (κ1) is 14.3. The molecular formula is C11H10BrN3O2S2. The molecule has 1 aromatic carbocycles. The maximum atomic E-state index is 11.4. The van der Waals surface area contributed by atoms with Gasteiger partial charge in [-0.2, -0.15) is 0 Å². The van der Waals surface area contributed by atoms with E-state index < -0.39 is 10.0 Å². The zero-order valence-corrected chi connectivity index (χ0v) is 12.8. The van der Waals surface area contributed by atoms with E-state index in [1.807, 2.05) is 6.07 Å². The van der Waals surface area contributed by atoms with Crippen LogP contribution in [0.3, 0.4) is 0 Å². The number of hydrogen-bond acceptors (Lipinski definition) is 5. The van der Waals surface area contributed by atoms with Gasteiger partial charge in [0.25, 0.3) is 0 Å². The van der Waals surface area contributed by atoms with E-state index in [1.54, 1.807) is 24.4 Å². The van der Waals surface area contributed by atoms with E-state index in [0.717, 1.165) is 4.47 Å². The van der Waals surface area contributed by atoms with Gasteiger partial charge in [0.2, 0.25) is 10.0 Å². The molecule has 0 unspecified atom stereocenters. The molecule has 0 saturated carbocycles. The van der Waals surface area contributed by atoms with E-state index in [-0.39, 0.29) is 10.6 Å². The molecule has 0 aliphatic heterocycles. The maximum absolute atomic E-state index is 11.4. The Morgan fingerprint density at radius 2 is 1.95 bits per heavy atom. The van der Waals surface area contributed by atoms with Crippen LogP contribution < -0.4 is 10.9 Å². The number of pyridine rings is 1. The summed E-state index contributed by atoms with van der Waals surface area (Å²) >= 11 is 4.57. The monoisotopic (exact) mass is 359 g/mol. The molecule has 100 valence electrons. The topological polar surface area (TPSA) is 99.1 Å². The summed E-state index contributed by atoms with van der Waals surface area (Å²) in [5.41, 5.74) is 5.97. The molecule has 0 radical (unpaired) electrons. The number of nitrogen functional groups attached to an aromatic ring is 1. The van der Waals surface area contributed by atoms with Crippen LogP contribution in [-0.2, 0) is 10.0 Å². The molecule has 0 saturated heterocycles. The fourth-order valence-corrected chi connectivity index (χ4v) is 3.21. The van der Waals surface area contributed by atoms with Gasteiger partial charge in [0, 0.05) is 15.6 Å². The number of nitrogens with two attached hydrogens (primary N) is 2. The minimum atomic E-state index is -3.82. The predicted molar refractivity (Wildman–Crippen MR) is 78.3 cm³/mol. The van der Waals surface area contributed by atoms with Crippen LogP contribution in [0.15, 0.2) is 55.8 Å². The Labute approximate surface area is 123 Å². The Bertz CT molecular complexity index is 702. The van der Waals surface area contributed by atoms with E-state index >= 15 is 0 Å². The Balaban J connectivity index is 2.39. The van der Waals surface area contributed by atoms with Crippen molar-refractivity contribution in [3.8, 4) is 0 Å². The summed E-state index contributed by atoms with van der Waals surface area (Å²) in [6.07, 6.45) is 1.65. The molecule has 5 nitrogen and oxygen atoms in total. The van der Waals surface area contributed by atoms with Crippen molar-refractivity contribution in [1.29, 1.82) is 0 Å². The van der Waals surface area contributed by atoms with Crippen LogP contribution in [0.2, 0.25) is 0 Å². The number of para-hydroxylation sites is 1. The minimum absolute atomic E-state index is 0.0744. The first-order valence-electron chi connectivity index (χ1n) is 5.08. The molecule has 19 heavy (non-hydrogen) atoms. The molecule has 8 heteroatoms. The van der Waals surface area contributed by atoms with Crippen molar-refractivity contribution in [3.05, 3.63) is 41.0 Å². The minimum Gasteiger partial charge on any atom is -0.397 e. The number of halogens is 1. The normalized spacial score (nSPS) is 11.5. The largest absolute Gasteiger partial charge is 0.397 e. The molecule has 0 amide bonds. The van der Waals surface area contributed by atoms with E-state index in [4.69, 9.17) is 10.9 Å². The molecule has 0 aliphatic carbocycles. The summed E-state index contributed by atoms with van der Waals surface area (Å²) in [4.78, 5) is 4.71. The van der Waals surface area contributed by atoms with Crippen molar-refractivity contribution in [1.82, 2.24) is 4.98 Å². The van der Waals surface area contributed by atoms with Gasteiger partial charge in [0.05, 0.1) is 5.69 Å². The zero-order valence-electron chi connectivity index (χ0n) is 9.58. The summed E-state index contributed by atoms with van der Waals surface area (Å²) < 4.78 is 23.6. The summed E-state index contributed by atoms with van der Waals surface area (Å²) in [7, 11) is -3.82. The van der Waals surface area contributed by atoms with Crippen LogP contribution in [0.5, 0.6) is 0 Å². The number of hydrogen-bond donors (Lipinski definition) is 2. The van der Waals surface area contributed by atoms with E-state index in [0.29, 0.717) is 9.92 Å². The van der Waals surface area contributed by atoms with Crippen molar-refractivity contribution in [2.24, 2.45) is 5.14 Å². The molecule has 0 spiro atoms. The summed E-state index contributed by atoms with van der Waals surface area (Å²) in [6.45, 7) is 0. The van der Waals surface area contributed by atoms with Crippen LogP contribution in [0.25, 0.3) is 0 Å². The smallest absolute Gasteiger partial charge is 0.240 e. The number of benzene rings is 1. The maximum Gasteiger partial charge on any atom is 0.240 e. The standard InChI is InChI=1S/C11H10BrN3O2S2/c12-7-4-5-10(15-6-7)18-8-2-1-3-9(11(8)13)19(14,16)17/h1-6H,13H2,(H2,14,16,17). The SMILES string of the molecule is Nc1c(Sc2ccc(Br)cn2)cccc1S(N)(=O)=O. The first-order chi connectivity index (χ1) is 8.88. The number of rotatable bonds is 3. The molecule has 2 rings (SSSR count). The fourth-order valence-electron chi connectivity index (χ4n) is 1.40. The Morgan fingerprint density at radius 1 is 1.21 bits per heavy atom. The van der Waals surface area contributed by atoms with Crippen molar-refractivity contribution in [2.45, 2.75) is 14.8 Å². The Kier molecular flexibility index (Phi) is 4.14. The van der Waals surface area contributed by atoms with Gasteiger partial charge >= 0.3 is 0 Å². The van der Waals surface area contributed by atoms with Gasteiger partial charge in [0.15, 0.2) is 0 Å². The van der Waals surface area contributed by atoms with E-state index in [1.165, 1.54) is 17.8 Å². The van der Waals surface area contributed by atoms with E-state index in [2.05, 4.69) is 20.9 Å². The summed E-state index contributed by atoms with van der Waals surface area (Å²) in [5.74, 6) is 0. The predicted octanol–water partition coefficient (Wildman–Crippen LogP) is 2.22. The average molecular weight is 360 g/mol. The lowest BCUT2D eigenvalue weighted by atomic mass is 10.3. The molecular weight excluding hydrogens is 350 g/mol. The third-order valence-corrected chi connectivity index (χ3v) is 4.71. The van der Waals surface area contributed by atoms with Gasteiger partial charge in [-0.25, -0.2) is 18.5 Å². The van der Waals surface area contributed by atoms with Crippen molar-refractivity contribution in [2.75, 3.05) is 5.73 Å². The molecule has 1 aromatic heterocycles. The number of aromatic nitrogens is 1. The highest BCUT2D eigenvalue weighted by atomic mass is 79.9. The number of primary sulfonamides is 1. The highest BCUT2D eigenvalue weighted by Crippen LogP contribution is 2.34. The number of sulfonamides is 1. The fraction of sp³-hybridized carbons (Fsp3) is 0. The summed E-state index contributed by atoms with van der Waals surface area (Å²) in [6, 6.07) is 8.34. The van der Waals surface area contributed by atoms with Gasteiger partial charge in [0.1, 0.15) is 9.92 Å². The lowest BCUT2D eigenvalue weighted by molar-refractivity contribution is 0.598. The zero-order chi connectivity index (χ0) is 14.0. The highest BCUT2D eigenvalue weighted by Gasteiger charge is 2.15. The lowest BCUT2D eigenvalue weighted by Crippen LogP contribution is -2.14. The molecule has 4 N–H and O–H groups in total. The van der Waals surface area contributed by atoms with E-state index in [9.17, 15) is 8.42 Å². The second kappa shape index (κ2) is 5.49. The third-order valence-electron chi connectivity index (χ3n) is 2.25.